The molecule has 0 atom stereocenters. The molecule has 0 spiro atoms. The van der Waals surface area contributed by atoms with Crippen LogP contribution in [0, 0.1) is 0 Å². The second kappa shape index (κ2) is 8.68. The van der Waals surface area contributed by atoms with E-state index in [0.717, 1.165) is 46.7 Å². The van der Waals surface area contributed by atoms with Gasteiger partial charge in [-0.2, -0.15) is 5.10 Å². The fourth-order valence-corrected chi connectivity index (χ4v) is 3.90. The number of aromatic nitrogens is 3. The van der Waals surface area contributed by atoms with Gasteiger partial charge in [-0.05, 0) is 55.3 Å². The van der Waals surface area contributed by atoms with Crippen LogP contribution in [0.4, 0.5) is 0 Å². The maximum atomic E-state index is 5.44. The van der Waals surface area contributed by atoms with Gasteiger partial charge in [0, 0.05) is 40.8 Å². The Morgan fingerprint density at radius 1 is 1.07 bits per heavy atom. The number of fused-ring (bicyclic) bond motifs is 1. The smallest absolute Gasteiger partial charge is 0.119 e. The Hall–Kier alpha value is -2.83. The van der Waals surface area contributed by atoms with Gasteiger partial charge in [-0.3, -0.25) is 10.00 Å². The first-order valence-corrected chi connectivity index (χ1v) is 10.7. The zero-order chi connectivity index (χ0) is 20.2. The Bertz CT molecular complexity index is 1110. The summed E-state index contributed by atoms with van der Waals surface area (Å²) in [5.41, 5.74) is 5.34. The summed E-state index contributed by atoms with van der Waals surface area (Å²) < 4.78 is 5.44. The minimum absolute atomic E-state index is 0.777. The molecule has 1 N–H and O–H groups in total. The second-order valence-electron chi connectivity index (χ2n) is 7.04. The van der Waals surface area contributed by atoms with Crippen molar-refractivity contribution < 1.29 is 4.74 Å². The number of pyridine rings is 1. The number of methoxy groups -OCH3 is 1. The van der Waals surface area contributed by atoms with E-state index in [1.54, 1.807) is 25.1 Å². The molecule has 6 heteroatoms. The summed E-state index contributed by atoms with van der Waals surface area (Å²) in [5, 5.41) is 8.23. The van der Waals surface area contributed by atoms with Crippen molar-refractivity contribution in [3.05, 3.63) is 72.1 Å². The van der Waals surface area contributed by atoms with Crippen molar-refractivity contribution in [2.24, 2.45) is 0 Å². The predicted molar refractivity (Wildman–Crippen MR) is 119 cm³/mol. The molecular formula is C23H24N4OS. The molecule has 29 heavy (non-hydrogen) atoms. The molecule has 148 valence electrons. The molecule has 2 aromatic heterocycles. The minimum atomic E-state index is 0.777. The van der Waals surface area contributed by atoms with Crippen LogP contribution in [-0.2, 0) is 13.1 Å². The first kappa shape index (κ1) is 19.5. The van der Waals surface area contributed by atoms with Gasteiger partial charge in [-0.1, -0.05) is 18.2 Å². The number of hydrogen-bond acceptors (Lipinski definition) is 5. The third-order valence-corrected chi connectivity index (χ3v) is 5.61. The molecule has 0 aliphatic heterocycles. The highest BCUT2D eigenvalue weighted by molar-refractivity contribution is 7.98. The van der Waals surface area contributed by atoms with Gasteiger partial charge in [0.05, 0.1) is 18.3 Å². The molecule has 2 aromatic carbocycles. The highest BCUT2D eigenvalue weighted by atomic mass is 32.2. The van der Waals surface area contributed by atoms with E-state index < -0.39 is 0 Å². The van der Waals surface area contributed by atoms with Crippen molar-refractivity contribution in [1.29, 1.82) is 0 Å². The zero-order valence-electron chi connectivity index (χ0n) is 16.8. The van der Waals surface area contributed by atoms with Gasteiger partial charge >= 0.3 is 0 Å². The molecule has 4 rings (SSSR count). The van der Waals surface area contributed by atoms with Crippen LogP contribution in [0.1, 0.15) is 11.3 Å². The standard InChI is InChI=1S/C23H24N4OS/c1-27(15-19-9-10-24-26-19)14-18-11-16-7-8-21(29-3)13-22(16)25-23(18)17-5-4-6-20(12-17)28-2/h4-13H,14-15H2,1-3H3,(H,24,26). The average molecular weight is 405 g/mol. The highest BCUT2D eigenvalue weighted by Gasteiger charge is 2.13. The summed E-state index contributed by atoms with van der Waals surface area (Å²) in [7, 11) is 3.80. The SMILES string of the molecule is COc1cccc(-c2nc3cc(SC)ccc3cc2CN(C)Cc2ccn[nH]2)c1. The second-order valence-corrected chi connectivity index (χ2v) is 7.92. The van der Waals surface area contributed by atoms with Crippen LogP contribution >= 0.6 is 11.8 Å². The van der Waals surface area contributed by atoms with E-state index in [1.807, 2.05) is 24.3 Å². The number of rotatable bonds is 7. The molecule has 0 bridgehead atoms. The average Bonchev–Trinajstić information content (AvgIpc) is 3.25. The Labute approximate surface area is 175 Å². The zero-order valence-corrected chi connectivity index (χ0v) is 17.7. The number of nitrogens with one attached hydrogen (secondary N) is 1. The molecule has 0 saturated heterocycles. The fraction of sp³-hybridized carbons (Fsp3) is 0.217. The number of thioether (sulfide) groups is 1. The van der Waals surface area contributed by atoms with Gasteiger partial charge in [-0.15, -0.1) is 11.8 Å². The number of nitrogens with zero attached hydrogens (tertiary/aromatic N) is 3. The van der Waals surface area contributed by atoms with Crippen molar-refractivity contribution in [2.75, 3.05) is 20.4 Å². The molecule has 0 amide bonds. The summed E-state index contributed by atoms with van der Waals surface area (Å²) in [5.74, 6) is 0.832. The molecule has 0 fully saturated rings. The molecule has 0 radical (unpaired) electrons. The van der Waals surface area contributed by atoms with Crippen LogP contribution in [0.25, 0.3) is 22.2 Å². The minimum Gasteiger partial charge on any atom is -0.497 e. The molecule has 5 nitrogen and oxygen atoms in total. The number of aromatic amines is 1. The Morgan fingerprint density at radius 3 is 2.72 bits per heavy atom. The van der Waals surface area contributed by atoms with Crippen molar-refractivity contribution in [1.82, 2.24) is 20.1 Å². The summed E-state index contributed by atoms with van der Waals surface area (Å²) >= 11 is 1.73. The van der Waals surface area contributed by atoms with Gasteiger partial charge in [-0.25, -0.2) is 4.98 Å². The summed E-state index contributed by atoms with van der Waals surface area (Å²) in [6.45, 7) is 1.57. The maximum absolute atomic E-state index is 5.44. The van der Waals surface area contributed by atoms with Crippen molar-refractivity contribution in [3.63, 3.8) is 0 Å². The maximum Gasteiger partial charge on any atom is 0.119 e. The van der Waals surface area contributed by atoms with Crippen LogP contribution in [0.5, 0.6) is 5.75 Å². The predicted octanol–water partition coefficient (Wildman–Crippen LogP) is 4.99. The first-order chi connectivity index (χ1) is 14.2. The van der Waals surface area contributed by atoms with Crippen molar-refractivity contribution in [3.8, 4) is 17.0 Å². The monoisotopic (exact) mass is 404 g/mol. The van der Waals surface area contributed by atoms with Gasteiger partial charge in [0.25, 0.3) is 0 Å². The molecule has 0 saturated carbocycles. The van der Waals surface area contributed by atoms with Gasteiger partial charge in [0.1, 0.15) is 5.75 Å². The van der Waals surface area contributed by atoms with E-state index >= 15 is 0 Å². The number of hydrogen-bond donors (Lipinski definition) is 1. The lowest BCUT2D eigenvalue weighted by molar-refractivity contribution is 0.315. The lowest BCUT2D eigenvalue weighted by Gasteiger charge is -2.19. The Kier molecular flexibility index (Phi) is 5.83. The Morgan fingerprint density at radius 2 is 1.97 bits per heavy atom. The van der Waals surface area contributed by atoms with Crippen LogP contribution in [0.2, 0.25) is 0 Å². The molecular weight excluding hydrogens is 380 g/mol. The van der Waals surface area contributed by atoms with Gasteiger partial charge < -0.3 is 4.74 Å². The Balaban J connectivity index is 1.77. The molecule has 2 heterocycles. The lowest BCUT2D eigenvalue weighted by atomic mass is 10.0. The summed E-state index contributed by atoms with van der Waals surface area (Å²) in [6, 6.07) is 18.8. The lowest BCUT2D eigenvalue weighted by Crippen LogP contribution is -2.18. The van der Waals surface area contributed by atoms with E-state index in [-0.39, 0.29) is 0 Å². The summed E-state index contributed by atoms with van der Waals surface area (Å²) in [6.07, 6.45) is 3.87. The van der Waals surface area contributed by atoms with E-state index in [0.29, 0.717) is 0 Å². The van der Waals surface area contributed by atoms with E-state index in [4.69, 9.17) is 9.72 Å². The normalized spacial score (nSPS) is 11.3. The van der Waals surface area contributed by atoms with E-state index in [9.17, 15) is 0 Å². The van der Waals surface area contributed by atoms with E-state index in [1.165, 1.54) is 10.5 Å². The third-order valence-electron chi connectivity index (χ3n) is 4.89. The molecule has 4 aromatic rings. The molecule has 0 unspecified atom stereocenters. The number of ether oxygens (including phenoxy) is 1. The largest absolute Gasteiger partial charge is 0.497 e. The van der Waals surface area contributed by atoms with Crippen LogP contribution in [0.15, 0.2) is 65.7 Å². The van der Waals surface area contributed by atoms with Gasteiger partial charge in [0.15, 0.2) is 0 Å². The highest BCUT2D eigenvalue weighted by Crippen LogP contribution is 2.30. The van der Waals surface area contributed by atoms with Crippen LogP contribution in [0.3, 0.4) is 0 Å². The third kappa shape index (κ3) is 4.44. The summed E-state index contributed by atoms with van der Waals surface area (Å²) in [4.78, 5) is 8.54. The van der Waals surface area contributed by atoms with Crippen LogP contribution in [-0.4, -0.2) is 40.5 Å². The topological polar surface area (TPSA) is 54.0 Å². The van der Waals surface area contributed by atoms with Crippen molar-refractivity contribution in [2.45, 2.75) is 18.0 Å². The van der Waals surface area contributed by atoms with Crippen molar-refractivity contribution >= 4 is 22.7 Å². The quantitative estimate of drug-likeness (QED) is 0.440. The number of benzene rings is 2. The van der Waals surface area contributed by atoms with E-state index in [2.05, 4.69) is 58.7 Å². The van der Waals surface area contributed by atoms with Crippen LogP contribution < -0.4 is 4.74 Å². The molecule has 0 aliphatic carbocycles. The fourth-order valence-electron chi connectivity index (χ4n) is 3.47. The first-order valence-electron chi connectivity index (χ1n) is 9.45. The molecule has 0 aliphatic rings. The number of H-pyrrole nitrogens is 1. The van der Waals surface area contributed by atoms with Gasteiger partial charge in [0.2, 0.25) is 0 Å².